The Morgan fingerprint density at radius 2 is 1.81 bits per heavy atom. The van der Waals surface area contributed by atoms with Gasteiger partial charge in [0.15, 0.2) is 11.4 Å². The molecular weight excluding hydrogens is 463 g/mol. The Morgan fingerprint density at radius 1 is 1.03 bits per heavy atom. The van der Waals surface area contributed by atoms with Crippen molar-refractivity contribution in [3.8, 4) is 22.6 Å². The Balaban J connectivity index is 1.51. The number of aromatic nitrogens is 2. The van der Waals surface area contributed by atoms with Crippen LogP contribution in [0.4, 0.5) is 15.8 Å². The highest BCUT2D eigenvalue weighted by Crippen LogP contribution is 2.39. The molecule has 36 heavy (non-hydrogen) atoms. The summed E-state index contributed by atoms with van der Waals surface area (Å²) in [5.41, 5.74) is 3.46. The molecule has 0 saturated heterocycles. The number of nitrogens with one attached hydrogen (secondary N) is 1. The molecule has 4 aromatic rings. The van der Waals surface area contributed by atoms with E-state index in [1.807, 2.05) is 18.2 Å². The fourth-order valence-corrected chi connectivity index (χ4v) is 4.50. The molecule has 1 aliphatic carbocycles. The van der Waals surface area contributed by atoms with Crippen LogP contribution in [0, 0.1) is 12.7 Å². The van der Waals surface area contributed by atoms with E-state index in [4.69, 9.17) is 0 Å². The van der Waals surface area contributed by atoms with E-state index < -0.39 is 17.3 Å². The number of hydrogen-bond donors (Lipinski definition) is 3. The smallest absolute Gasteiger partial charge is 0.335 e. The molecule has 0 fully saturated rings. The van der Waals surface area contributed by atoms with Crippen molar-refractivity contribution in [2.75, 3.05) is 0 Å². The topological polar surface area (TPSA) is 120 Å². The van der Waals surface area contributed by atoms with Crippen LogP contribution in [-0.4, -0.2) is 26.0 Å². The van der Waals surface area contributed by atoms with Crippen molar-refractivity contribution in [3.63, 3.8) is 0 Å². The summed E-state index contributed by atoms with van der Waals surface area (Å²) in [7, 11) is 0. The zero-order valence-corrected chi connectivity index (χ0v) is 19.5. The first-order valence-electron chi connectivity index (χ1n) is 11.5. The molecule has 9 heteroatoms. The van der Waals surface area contributed by atoms with Crippen LogP contribution in [0.5, 0.6) is 5.75 Å². The van der Waals surface area contributed by atoms with Crippen molar-refractivity contribution >= 4 is 17.3 Å². The minimum atomic E-state index is -1.15. The van der Waals surface area contributed by atoms with Crippen LogP contribution >= 0.6 is 0 Å². The van der Waals surface area contributed by atoms with E-state index in [-0.39, 0.29) is 28.3 Å². The fraction of sp³-hybridized carbons (Fsp3) is 0.185. The Bertz CT molecular complexity index is 1590. The zero-order valence-electron chi connectivity index (χ0n) is 19.5. The number of azo groups is 1. The van der Waals surface area contributed by atoms with Gasteiger partial charge in [-0.1, -0.05) is 18.2 Å². The second-order valence-electron chi connectivity index (χ2n) is 8.79. The molecule has 0 radical (unpaired) electrons. The summed E-state index contributed by atoms with van der Waals surface area (Å²) in [6, 6.07) is 13.8. The average Bonchev–Trinajstić information content (AvgIpc) is 3.17. The molecule has 3 N–H and O–H groups in total. The number of benzene rings is 3. The quantitative estimate of drug-likeness (QED) is 0.301. The van der Waals surface area contributed by atoms with Gasteiger partial charge in [0.1, 0.15) is 11.5 Å². The van der Waals surface area contributed by atoms with Gasteiger partial charge in [-0.25, -0.2) is 13.9 Å². The molecule has 3 aromatic carbocycles. The number of aromatic amines is 1. The molecule has 182 valence electrons. The normalized spacial score (nSPS) is 13.2. The van der Waals surface area contributed by atoms with Gasteiger partial charge in [-0.15, -0.1) is 10.2 Å². The predicted octanol–water partition coefficient (Wildman–Crippen LogP) is 5.98. The first-order chi connectivity index (χ1) is 17.3. The molecule has 1 aliphatic rings. The Morgan fingerprint density at radius 3 is 2.58 bits per heavy atom. The fourth-order valence-electron chi connectivity index (χ4n) is 4.50. The van der Waals surface area contributed by atoms with Gasteiger partial charge in [-0.05, 0) is 79.6 Å². The third-order valence-electron chi connectivity index (χ3n) is 6.36. The highest BCUT2D eigenvalue weighted by Gasteiger charge is 2.17. The van der Waals surface area contributed by atoms with Gasteiger partial charge in [0.2, 0.25) is 0 Å². The van der Waals surface area contributed by atoms with Gasteiger partial charge in [0, 0.05) is 11.6 Å². The molecule has 1 heterocycles. The predicted molar refractivity (Wildman–Crippen MR) is 132 cm³/mol. The average molecular weight is 487 g/mol. The summed E-state index contributed by atoms with van der Waals surface area (Å²) in [4.78, 5) is 24.4. The van der Waals surface area contributed by atoms with Gasteiger partial charge < -0.3 is 10.2 Å². The van der Waals surface area contributed by atoms with E-state index in [1.54, 1.807) is 13.0 Å². The van der Waals surface area contributed by atoms with Crippen molar-refractivity contribution in [1.29, 1.82) is 0 Å². The number of phenolic OH excluding ortho intramolecular Hbond substituents is 1. The monoisotopic (exact) mass is 486 g/mol. The van der Waals surface area contributed by atoms with E-state index in [2.05, 4.69) is 15.3 Å². The summed E-state index contributed by atoms with van der Waals surface area (Å²) in [5.74, 6) is -2.23. The summed E-state index contributed by atoms with van der Waals surface area (Å²) in [6.45, 7) is 1.68. The van der Waals surface area contributed by atoms with E-state index in [9.17, 15) is 24.2 Å². The van der Waals surface area contributed by atoms with E-state index >= 15 is 0 Å². The number of fused-ring (bicyclic) bond motifs is 1. The number of halogens is 1. The van der Waals surface area contributed by atoms with Crippen LogP contribution in [-0.2, 0) is 12.8 Å². The van der Waals surface area contributed by atoms with Crippen molar-refractivity contribution in [2.24, 2.45) is 10.2 Å². The molecule has 0 amide bonds. The van der Waals surface area contributed by atoms with Gasteiger partial charge in [-0.2, -0.15) is 0 Å². The summed E-state index contributed by atoms with van der Waals surface area (Å²) in [5, 5.41) is 31.0. The van der Waals surface area contributed by atoms with Crippen LogP contribution in [0.1, 0.15) is 40.0 Å². The molecule has 0 unspecified atom stereocenters. The minimum absolute atomic E-state index is 0.00925. The Hall–Kier alpha value is -4.53. The van der Waals surface area contributed by atoms with Crippen LogP contribution < -0.4 is 5.56 Å². The lowest BCUT2D eigenvalue weighted by Crippen LogP contribution is -2.15. The second-order valence-corrected chi connectivity index (χ2v) is 8.79. The molecular formula is C27H23FN4O4. The van der Waals surface area contributed by atoms with Gasteiger partial charge in [0.25, 0.3) is 5.56 Å². The van der Waals surface area contributed by atoms with Crippen LogP contribution in [0.3, 0.4) is 0 Å². The zero-order chi connectivity index (χ0) is 25.4. The lowest BCUT2D eigenvalue weighted by Gasteiger charge is -2.16. The second kappa shape index (κ2) is 9.26. The first kappa shape index (κ1) is 23.2. The van der Waals surface area contributed by atoms with Crippen LogP contribution in [0.25, 0.3) is 16.8 Å². The van der Waals surface area contributed by atoms with Crippen LogP contribution in [0.2, 0.25) is 0 Å². The van der Waals surface area contributed by atoms with E-state index in [0.717, 1.165) is 37.8 Å². The number of carboxylic acids is 1. The maximum atomic E-state index is 14.4. The molecule has 0 saturated carbocycles. The lowest BCUT2D eigenvalue weighted by molar-refractivity contribution is 0.0697. The SMILES string of the molecule is Cc1[nH]n(-c2ccc3c(c2)CCCC3)c(=O)c1N=Nc1cc(F)cc(-c2cccc(C(=O)O)c2)c1O. The molecule has 1 aromatic heterocycles. The molecule has 0 bridgehead atoms. The van der Waals surface area contributed by atoms with Crippen molar-refractivity contribution in [1.82, 2.24) is 9.78 Å². The molecule has 0 aliphatic heterocycles. The molecule has 5 rings (SSSR count). The number of H-pyrrole nitrogens is 1. The number of aryl methyl sites for hydroxylation is 3. The minimum Gasteiger partial charge on any atom is -0.505 e. The first-order valence-corrected chi connectivity index (χ1v) is 11.5. The largest absolute Gasteiger partial charge is 0.505 e. The van der Waals surface area contributed by atoms with E-state index in [0.29, 0.717) is 16.9 Å². The van der Waals surface area contributed by atoms with Crippen LogP contribution in [0.15, 0.2) is 69.6 Å². The number of nitrogens with zero attached hydrogens (tertiary/aromatic N) is 3. The Kier molecular flexibility index (Phi) is 5.97. The third kappa shape index (κ3) is 4.31. The number of carbonyl (C=O) groups is 1. The Labute approximate surface area is 205 Å². The summed E-state index contributed by atoms with van der Waals surface area (Å²) < 4.78 is 15.8. The molecule has 8 nitrogen and oxygen atoms in total. The molecule has 0 atom stereocenters. The summed E-state index contributed by atoms with van der Waals surface area (Å²) in [6.07, 6.45) is 4.29. The maximum absolute atomic E-state index is 14.4. The highest BCUT2D eigenvalue weighted by atomic mass is 19.1. The number of rotatable bonds is 5. The maximum Gasteiger partial charge on any atom is 0.335 e. The standard InChI is InChI=1S/C27H23FN4O4/c1-15-24(26(34)32(31-15)21-10-9-16-5-2-3-6-17(16)12-21)30-29-23-14-20(28)13-22(25(23)33)18-7-4-8-19(11-18)27(35)36/h4,7-14,31,33H,2-3,5-6H2,1H3,(H,35,36). The van der Waals surface area contributed by atoms with E-state index in [1.165, 1.54) is 34.0 Å². The van der Waals surface area contributed by atoms with Crippen molar-refractivity contribution < 1.29 is 19.4 Å². The van der Waals surface area contributed by atoms with Gasteiger partial charge >= 0.3 is 5.97 Å². The highest BCUT2D eigenvalue weighted by molar-refractivity contribution is 5.90. The molecule has 0 spiro atoms. The van der Waals surface area contributed by atoms with Crippen molar-refractivity contribution in [2.45, 2.75) is 32.6 Å². The number of aromatic hydroxyl groups is 1. The lowest BCUT2D eigenvalue weighted by atomic mass is 9.91. The number of carboxylic acid groups (broad SMARTS) is 1. The number of aromatic carboxylic acids is 1. The number of hydrogen-bond acceptors (Lipinski definition) is 5. The number of phenols is 1. The van der Waals surface area contributed by atoms with Gasteiger partial charge in [-0.3, -0.25) is 9.89 Å². The van der Waals surface area contributed by atoms with Gasteiger partial charge in [0.05, 0.1) is 16.9 Å². The van der Waals surface area contributed by atoms with Crippen molar-refractivity contribution in [3.05, 3.63) is 93.2 Å². The summed E-state index contributed by atoms with van der Waals surface area (Å²) >= 11 is 0. The third-order valence-corrected chi connectivity index (χ3v) is 6.36.